The lowest BCUT2D eigenvalue weighted by atomic mass is 10.0. The molecule has 5 rings (SSSR count). The van der Waals surface area contributed by atoms with Crippen LogP contribution in [0.3, 0.4) is 0 Å². The molecule has 1 aromatic heterocycles. The fraction of sp³-hybridized carbons (Fsp3) is 0.514. The number of alkyl carbamates (subject to hydrolysis) is 1. The van der Waals surface area contributed by atoms with Crippen molar-refractivity contribution in [1.29, 1.82) is 0 Å². The zero-order chi connectivity index (χ0) is 38.9. The smallest absolute Gasteiger partial charge is 0.408 e. The van der Waals surface area contributed by atoms with Crippen LogP contribution in [0.15, 0.2) is 59.2 Å². The van der Waals surface area contributed by atoms with Gasteiger partial charge in [0.25, 0.3) is 5.91 Å². The molecule has 3 aliphatic rings. The van der Waals surface area contributed by atoms with Crippen molar-refractivity contribution in [2.45, 2.75) is 108 Å². The van der Waals surface area contributed by atoms with Gasteiger partial charge >= 0.3 is 6.09 Å². The highest BCUT2D eigenvalue weighted by Crippen LogP contribution is 2.45. The molecule has 4 amide bonds. The minimum atomic E-state index is -3.93. The van der Waals surface area contributed by atoms with Crippen molar-refractivity contribution in [3.8, 4) is 5.88 Å². The van der Waals surface area contributed by atoms with Crippen LogP contribution in [0.5, 0.6) is 5.88 Å². The van der Waals surface area contributed by atoms with E-state index in [4.69, 9.17) is 9.47 Å². The Bertz CT molecular complexity index is 1960. The van der Waals surface area contributed by atoms with Gasteiger partial charge in [-0.2, -0.15) is 0 Å². The lowest BCUT2D eigenvalue weighted by molar-refractivity contribution is -0.141. The predicted molar refractivity (Wildman–Crippen MR) is 200 cm³/mol. The number of ether oxygens (including phenoxy) is 2. The van der Waals surface area contributed by atoms with Crippen LogP contribution in [0.25, 0.3) is 10.8 Å². The Morgan fingerprint density at radius 2 is 1.89 bits per heavy atom. The first-order valence-corrected chi connectivity index (χ1v) is 19.9. The topological polar surface area (TPSA) is 190 Å². The van der Waals surface area contributed by atoms with Crippen LogP contribution in [-0.2, 0) is 33.9 Å². The molecule has 286 valence electrons. The number of amides is 4. The second-order valence-electron chi connectivity index (χ2n) is 14.8. The average molecular weight is 817 g/mol. The molecule has 1 aliphatic heterocycles. The maximum Gasteiger partial charge on any atom is 0.408 e. The molecule has 2 heterocycles. The first-order chi connectivity index (χ1) is 24.9. The average Bonchev–Trinajstić information content (AvgIpc) is 4.02. The molecule has 2 aromatic rings. The Hall–Kier alpha value is -4.31. The van der Waals surface area contributed by atoms with Gasteiger partial charge in [0.1, 0.15) is 29.3 Å². The standard InChI is InChI=1S/C37H46BrN5O9S/c1-7-21(3)30(44)14-13-28(40-35(48)52-36(4,5)6)33(46)43-20-25(51-32-27-17-24(38)10-9-22(27)15-16-39-32)18-29(43)31(45)41-37(19-23(37)8-2)34(47)42-53(49,50)26-11-12-26/h7-10,15-17,23,25-26,28-29H,2,11-14,18-20H2,1,3-6H3,(H,40,48)(H,41,45)(H,42,47)/b21-7+/t23-,25-,28-,29+,37-/m1/s1. The molecule has 0 spiro atoms. The lowest BCUT2D eigenvalue weighted by Gasteiger charge is -2.30. The van der Waals surface area contributed by atoms with E-state index in [9.17, 15) is 32.4 Å². The number of fused-ring (bicyclic) bond motifs is 1. The van der Waals surface area contributed by atoms with Crippen LogP contribution in [0.4, 0.5) is 4.79 Å². The zero-order valence-corrected chi connectivity index (χ0v) is 32.8. The third-order valence-corrected chi connectivity index (χ3v) is 11.9. The van der Waals surface area contributed by atoms with E-state index in [2.05, 4.69) is 42.8 Å². The van der Waals surface area contributed by atoms with E-state index < -0.39 is 74.3 Å². The number of benzene rings is 1. The third kappa shape index (κ3) is 9.44. The minimum Gasteiger partial charge on any atom is -0.472 e. The zero-order valence-electron chi connectivity index (χ0n) is 30.4. The molecule has 0 radical (unpaired) electrons. The van der Waals surface area contributed by atoms with Crippen LogP contribution >= 0.6 is 15.9 Å². The SMILES string of the molecule is C=C[C@@H]1C[C@]1(NC(=O)[C@@H]1C[C@@H](Oc2nccc3ccc(Br)cc23)CN1C(=O)[C@@H](CCC(=O)/C(C)=C/C)NC(=O)OC(C)(C)C)C(=O)NS(=O)(=O)C1CC1. The number of hydrogen-bond donors (Lipinski definition) is 3. The summed E-state index contributed by atoms with van der Waals surface area (Å²) < 4.78 is 40.1. The van der Waals surface area contributed by atoms with Crippen molar-refractivity contribution in [1.82, 2.24) is 25.2 Å². The molecule has 1 saturated heterocycles. The number of sulfonamides is 1. The van der Waals surface area contributed by atoms with Gasteiger partial charge in [-0.25, -0.2) is 18.2 Å². The number of hydrogen-bond acceptors (Lipinski definition) is 10. The normalized spacial score (nSPS) is 23.5. The van der Waals surface area contributed by atoms with E-state index in [1.807, 2.05) is 24.3 Å². The molecule has 16 heteroatoms. The number of nitrogens with zero attached hydrogens (tertiary/aromatic N) is 2. The Morgan fingerprint density at radius 1 is 1.17 bits per heavy atom. The quantitative estimate of drug-likeness (QED) is 0.184. The molecule has 0 bridgehead atoms. The van der Waals surface area contributed by atoms with E-state index in [1.165, 1.54) is 11.0 Å². The highest BCUT2D eigenvalue weighted by atomic mass is 79.9. The van der Waals surface area contributed by atoms with E-state index in [-0.39, 0.29) is 43.9 Å². The van der Waals surface area contributed by atoms with Gasteiger partial charge in [0.2, 0.25) is 27.7 Å². The number of carbonyl (C=O) groups excluding carboxylic acids is 5. The van der Waals surface area contributed by atoms with Gasteiger partial charge in [-0.1, -0.05) is 34.1 Å². The predicted octanol–water partition coefficient (Wildman–Crippen LogP) is 4.22. The molecule has 3 N–H and O–H groups in total. The van der Waals surface area contributed by atoms with Crippen LogP contribution in [0.1, 0.15) is 73.1 Å². The molecule has 53 heavy (non-hydrogen) atoms. The summed E-state index contributed by atoms with van der Waals surface area (Å²) >= 11 is 3.48. The van der Waals surface area contributed by atoms with Crippen LogP contribution in [0, 0.1) is 5.92 Å². The van der Waals surface area contributed by atoms with Gasteiger partial charge in [-0.05, 0) is 89.5 Å². The summed E-state index contributed by atoms with van der Waals surface area (Å²) in [7, 11) is -3.93. The van der Waals surface area contributed by atoms with Crippen molar-refractivity contribution in [2.75, 3.05) is 6.54 Å². The summed E-state index contributed by atoms with van der Waals surface area (Å²) in [5, 5.41) is 6.22. The number of allylic oxidation sites excluding steroid dienone is 2. The number of aromatic nitrogens is 1. The first-order valence-electron chi connectivity index (χ1n) is 17.5. The number of pyridine rings is 1. The Morgan fingerprint density at radius 3 is 2.51 bits per heavy atom. The van der Waals surface area contributed by atoms with Crippen molar-refractivity contribution in [3.63, 3.8) is 0 Å². The molecular weight excluding hydrogens is 770 g/mol. The highest BCUT2D eigenvalue weighted by molar-refractivity contribution is 9.10. The van der Waals surface area contributed by atoms with Crippen molar-refractivity contribution in [2.24, 2.45) is 5.92 Å². The number of nitrogens with one attached hydrogen (secondary N) is 3. The third-order valence-electron chi connectivity index (χ3n) is 9.59. The summed E-state index contributed by atoms with van der Waals surface area (Å²) in [6.45, 7) is 12.0. The minimum absolute atomic E-state index is 0.0315. The summed E-state index contributed by atoms with van der Waals surface area (Å²) in [6.07, 6.45) is 3.83. The molecule has 3 fully saturated rings. The van der Waals surface area contributed by atoms with E-state index in [0.717, 1.165) is 9.86 Å². The van der Waals surface area contributed by atoms with Crippen molar-refractivity contribution in [3.05, 3.63) is 59.2 Å². The number of rotatable bonds is 14. The molecule has 14 nitrogen and oxygen atoms in total. The van der Waals surface area contributed by atoms with Gasteiger partial charge in [0.05, 0.1) is 11.8 Å². The van der Waals surface area contributed by atoms with Crippen LogP contribution in [-0.4, -0.2) is 89.0 Å². The second kappa shape index (κ2) is 15.6. The summed E-state index contributed by atoms with van der Waals surface area (Å²) in [4.78, 5) is 73.7. The van der Waals surface area contributed by atoms with Crippen LogP contribution in [0.2, 0.25) is 0 Å². The number of ketones is 1. The van der Waals surface area contributed by atoms with Gasteiger partial charge < -0.3 is 25.0 Å². The number of carbonyl (C=O) groups is 5. The Balaban J connectivity index is 1.45. The molecule has 0 unspecified atom stereocenters. The number of Topliss-reactive ketones (excluding diaryl/α,β-unsaturated/α-hetero) is 1. The monoisotopic (exact) mass is 815 g/mol. The lowest BCUT2D eigenvalue weighted by Crippen LogP contribution is -2.58. The van der Waals surface area contributed by atoms with Crippen LogP contribution < -0.4 is 20.1 Å². The van der Waals surface area contributed by atoms with E-state index >= 15 is 0 Å². The number of likely N-dealkylation sites (tertiary alicyclic amines) is 1. The Labute approximate surface area is 317 Å². The molecule has 2 aliphatic carbocycles. The fourth-order valence-electron chi connectivity index (χ4n) is 6.30. The summed E-state index contributed by atoms with van der Waals surface area (Å²) in [5.41, 5.74) is -2.00. The van der Waals surface area contributed by atoms with Gasteiger partial charge in [-0.15, -0.1) is 6.58 Å². The first kappa shape index (κ1) is 39.9. The van der Waals surface area contributed by atoms with Gasteiger partial charge in [-0.3, -0.25) is 23.9 Å². The maximum atomic E-state index is 14.5. The number of halogens is 1. The van der Waals surface area contributed by atoms with E-state index in [1.54, 1.807) is 46.9 Å². The molecule has 1 aromatic carbocycles. The largest absolute Gasteiger partial charge is 0.472 e. The summed E-state index contributed by atoms with van der Waals surface area (Å²) in [5.74, 6) is -2.78. The Kier molecular flexibility index (Phi) is 11.7. The highest BCUT2D eigenvalue weighted by Gasteiger charge is 2.62. The maximum absolute atomic E-state index is 14.5. The van der Waals surface area contributed by atoms with E-state index in [0.29, 0.717) is 23.8 Å². The molecular formula is C37H46BrN5O9S. The summed E-state index contributed by atoms with van der Waals surface area (Å²) in [6, 6.07) is 4.92. The van der Waals surface area contributed by atoms with Crippen molar-refractivity contribution < 1.29 is 41.9 Å². The van der Waals surface area contributed by atoms with Gasteiger partial charge in [0.15, 0.2) is 5.78 Å². The van der Waals surface area contributed by atoms with Crippen molar-refractivity contribution >= 4 is 66.3 Å². The fourth-order valence-corrected chi connectivity index (χ4v) is 8.03. The van der Waals surface area contributed by atoms with Gasteiger partial charge in [0, 0.05) is 34.8 Å². The molecule has 2 saturated carbocycles. The second-order valence-corrected chi connectivity index (χ2v) is 17.7. The molecule has 5 atom stereocenters.